The average molecular weight is 424 g/mol. The first kappa shape index (κ1) is 20.3. The Bertz CT molecular complexity index is 921. The van der Waals surface area contributed by atoms with Gasteiger partial charge in [-0.15, -0.1) is 0 Å². The van der Waals surface area contributed by atoms with Crippen LogP contribution in [0.15, 0.2) is 23.4 Å². The van der Waals surface area contributed by atoms with Crippen molar-refractivity contribution in [2.75, 3.05) is 24.7 Å². The van der Waals surface area contributed by atoms with Crippen molar-refractivity contribution < 1.29 is 14.0 Å². The van der Waals surface area contributed by atoms with E-state index >= 15 is 0 Å². The van der Waals surface area contributed by atoms with E-state index in [-0.39, 0.29) is 28.0 Å². The highest BCUT2D eigenvalue weighted by Gasteiger charge is 2.23. The summed E-state index contributed by atoms with van der Waals surface area (Å²) >= 11 is 7.29. The topological polar surface area (TPSA) is 101 Å². The number of hydrogen-bond donors (Lipinski definition) is 2. The van der Waals surface area contributed by atoms with Gasteiger partial charge in [-0.25, -0.2) is 14.4 Å². The van der Waals surface area contributed by atoms with E-state index in [1.807, 2.05) is 0 Å². The number of nitrogens with zero attached hydrogens (tertiary/aromatic N) is 3. The molecule has 1 aliphatic heterocycles. The molecule has 1 aromatic carbocycles. The maximum atomic E-state index is 14.3. The summed E-state index contributed by atoms with van der Waals surface area (Å²) in [7, 11) is 0. The second-order valence-electron chi connectivity index (χ2n) is 6.26. The Labute approximate surface area is 170 Å². The van der Waals surface area contributed by atoms with E-state index in [4.69, 9.17) is 17.3 Å². The van der Waals surface area contributed by atoms with Crippen molar-refractivity contribution in [1.82, 2.24) is 14.9 Å². The molecule has 0 atom stereocenters. The van der Waals surface area contributed by atoms with Gasteiger partial charge >= 0.3 is 0 Å². The first-order chi connectivity index (χ1) is 13.4. The van der Waals surface area contributed by atoms with Crippen molar-refractivity contribution >= 4 is 46.7 Å². The SMILES string of the molecule is CSc1nc(Cl)c(C(N)=O)c(Nc2ccc(F)c(C(=O)N3CCCCC3)c2)n1. The normalized spacial score (nSPS) is 14.0. The number of benzene rings is 1. The third-order valence-electron chi connectivity index (χ3n) is 4.38. The summed E-state index contributed by atoms with van der Waals surface area (Å²) in [6.07, 6.45) is 4.64. The molecule has 2 amide bonds. The highest BCUT2D eigenvalue weighted by Crippen LogP contribution is 2.28. The molecule has 10 heteroatoms. The molecule has 1 aliphatic rings. The van der Waals surface area contributed by atoms with Gasteiger partial charge < -0.3 is 16.0 Å². The standard InChI is InChI=1S/C18H19ClFN5O2S/c1-28-18-23-14(19)13(15(21)26)16(24-18)22-10-5-6-12(20)11(9-10)17(27)25-7-3-2-4-8-25/h5-6,9H,2-4,7-8H2,1H3,(H2,21,26)(H,22,23,24). The van der Waals surface area contributed by atoms with Gasteiger partial charge in [0.15, 0.2) is 5.16 Å². The molecule has 0 aliphatic carbocycles. The first-order valence-electron chi connectivity index (χ1n) is 8.68. The average Bonchev–Trinajstić information content (AvgIpc) is 2.68. The minimum absolute atomic E-state index is 0.0437. The van der Waals surface area contributed by atoms with E-state index < -0.39 is 11.7 Å². The van der Waals surface area contributed by atoms with E-state index in [1.54, 1.807) is 11.2 Å². The summed E-state index contributed by atoms with van der Waals surface area (Å²) in [5.41, 5.74) is 5.65. The van der Waals surface area contributed by atoms with Crippen LogP contribution >= 0.6 is 23.4 Å². The summed E-state index contributed by atoms with van der Waals surface area (Å²) in [4.78, 5) is 34.3. The van der Waals surface area contributed by atoms with E-state index in [1.165, 1.54) is 30.0 Å². The Hall–Kier alpha value is -2.39. The molecular formula is C18H19ClFN5O2S. The fourth-order valence-corrected chi connectivity index (χ4v) is 3.66. The van der Waals surface area contributed by atoms with E-state index in [0.717, 1.165) is 19.3 Å². The van der Waals surface area contributed by atoms with E-state index in [9.17, 15) is 14.0 Å². The number of anilines is 2. The number of thioether (sulfide) groups is 1. The molecule has 0 radical (unpaired) electrons. The number of halogens is 2. The molecular weight excluding hydrogens is 405 g/mol. The van der Waals surface area contributed by atoms with Crippen molar-refractivity contribution in [3.05, 3.63) is 40.3 Å². The zero-order chi connectivity index (χ0) is 20.3. The number of nitrogens with two attached hydrogens (primary N) is 1. The summed E-state index contributed by atoms with van der Waals surface area (Å²) < 4.78 is 14.3. The number of nitrogens with one attached hydrogen (secondary N) is 1. The van der Waals surface area contributed by atoms with Gasteiger partial charge in [0, 0.05) is 18.8 Å². The van der Waals surface area contributed by atoms with Crippen molar-refractivity contribution in [2.24, 2.45) is 5.73 Å². The molecule has 7 nitrogen and oxygen atoms in total. The first-order valence-corrected chi connectivity index (χ1v) is 10.3. The molecule has 148 valence electrons. The van der Waals surface area contributed by atoms with Crippen molar-refractivity contribution in [2.45, 2.75) is 24.4 Å². The van der Waals surface area contributed by atoms with Crippen LogP contribution in [0, 0.1) is 5.82 Å². The fraction of sp³-hybridized carbons (Fsp3) is 0.333. The number of carbonyl (C=O) groups excluding carboxylic acids is 2. The second-order valence-corrected chi connectivity index (χ2v) is 7.39. The lowest BCUT2D eigenvalue weighted by Gasteiger charge is -2.27. The van der Waals surface area contributed by atoms with Crippen LogP contribution in [0.2, 0.25) is 5.15 Å². The number of rotatable bonds is 5. The van der Waals surface area contributed by atoms with Crippen LogP contribution in [0.1, 0.15) is 40.0 Å². The second kappa shape index (κ2) is 8.74. The molecule has 1 aromatic heterocycles. The summed E-state index contributed by atoms with van der Waals surface area (Å²) in [5, 5.41) is 3.16. The lowest BCUT2D eigenvalue weighted by molar-refractivity contribution is 0.0719. The van der Waals surface area contributed by atoms with Gasteiger partial charge in [0.05, 0.1) is 5.56 Å². The predicted molar refractivity (Wildman–Crippen MR) is 107 cm³/mol. The van der Waals surface area contributed by atoms with Crippen molar-refractivity contribution in [1.29, 1.82) is 0 Å². The Morgan fingerprint density at radius 3 is 2.61 bits per heavy atom. The molecule has 3 N–H and O–H groups in total. The molecule has 28 heavy (non-hydrogen) atoms. The molecule has 1 fully saturated rings. The van der Waals surface area contributed by atoms with Gasteiger partial charge in [-0.1, -0.05) is 23.4 Å². The van der Waals surface area contributed by atoms with Crippen molar-refractivity contribution in [3.63, 3.8) is 0 Å². The lowest BCUT2D eigenvalue weighted by atomic mass is 10.1. The third-order valence-corrected chi connectivity index (χ3v) is 5.20. The van der Waals surface area contributed by atoms with Crippen LogP contribution in [-0.2, 0) is 0 Å². The van der Waals surface area contributed by atoms with Crippen molar-refractivity contribution in [3.8, 4) is 0 Å². The molecule has 2 aromatic rings. The zero-order valence-electron chi connectivity index (χ0n) is 15.2. The number of carbonyl (C=O) groups is 2. The van der Waals surface area contributed by atoms with Crippen LogP contribution < -0.4 is 11.1 Å². The molecule has 3 rings (SSSR count). The summed E-state index contributed by atoms with van der Waals surface area (Å²) in [6.45, 7) is 1.22. The van der Waals surface area contributed by atoms with Crippen LogP contribution in [0.4, 0.5) is 15.9 Å². The van der Waals surface area contributed by atoms with Crippen LogP contribution in [0.3, 0.4) is 0 Å². The monoisotopic (exact) mass is 423 g/mol. The number of piperidine rings is 1. The van der Waals surface area contributed by atoms with Gasteiger partial charge in [-0.3, -0.25) is 9.59 Å². The Morgan fingerprint density at radius 1 is 1.25 bits per heavy atom. The lowest BCUT2D eigenvalue weighted by Crippen LogP contribution is -2.36. The van der Waals surface area contributed by atoms with Gasteiger partial charge in [-0.2, -0.15) is 0 Å². The van der Waals surface area contributed by atoms with E-state index in [0.29, 0.717) is 23.9 Å². The Morgan fingerprint density at radius 2 is 1.96 bits per heavy atom. The minimum atomic E-state index is -0.799. The quantitative estimate of drug-likeness (QED) is 0.434. The summed E-state index contributed by atoms with van der Waals surface area (Å²) in [6, 6.07) is 4.04. The molecule has 1 saturated heterocycles. The van der Waals surface area contributed by atoms with E-state index in [2.05, 4.69) is 15.3 Å². The Balaban J connectivity index is 1.94. The summed E-state index contributed by atoms with van der Waals surface area (Å²) in [5.74, 6) is -1.67. The smallest absolute Gasteiger partial charge is 0.256 e. The fourth-order valence-electron chi connectivity index (χ4n) is 2.99. The van der Waals surface area contributed by atoms with Gasteiger partial charge in [0.2, 0.25) is 0 Å². The maximum Gasteiger partial charge on any atom is 0.256 e. The van der Waals surface area contributed by atoms with Gasteiger partial charge in [-0.05, 0) is 43.7 Å². The number of primary amides is 1. The molecule has 0 spiro atoms. The number of aromatic nitrogens is 2. The Kier molecular flexibility index (Phi) is 6.35. The van der Waals surface area contributed by atoms with Gasteiger partial charge in [0.1, 0.15) is 22.4 Å². The predicted octanol–water partition coefficient (Wildman–Crippen LogP) is 3.46. The van der Waals surface area contributed by atoms with Crippen LogP contribution in [0.25, 0.3) is 0 Å². The highest BCUT2D eigenvalue weighted by molar-refractivity contribution is 7.98. The molecule has 0 saturated carbocycles. The number of hydrogen-bond acceptors (Lipinski definition) is 6. The highest BCUT2D eigenvalue weighted by atomic mass is 35.5. The van der Waals surface area contributed by atoms with Gasteiger partial charge in [0.25, 0.3) is 11.8 Å². The molecule has 0 unspecified atom stereocenters. The largest absolute Gasteiger partial charge is 0.365 e. The number of amides is 2. The molecule has 0 bridgehead atoms. The third kappa shape index (κ3) is 4.36. The minimum Gasteiger partial charge on any atom is -0.365 e. The number of likely N-dealkylation sites (tertiary alicyclic amines) is 1. The zero-order valence-corrected chi connectivity index (χ0v) is 16.7. The van der Waals surface area contributed by atoms with Crippen LogP contribution in [0.5, 0.6) is 0 Å². The molecule has 2 heterocycles. The maximum absolute atomic E-state index is 14.3. The van der Waals surface area contributed by atoms with Crippen LogP contribution in [-0.4, -0.2) is 46.0 Å².